The zero-order valence-electron chi connectivity index (χ0n) is 11.4. The van der Waals surface area contributed by atoms with Gasteiger partial charge in [0.25, 0.3) is 0 Å². The maximum Gasteiger partial charge on any atom is 0.177 e. The normalized spacial score (nSPS) is 17.7. The molecule has 2 nitrogen and oxygen atoms in total. The number of imidazole rings is 1. The molecule has 1 fully saturated rings. The quantitative estimate of drug-likeness (QED) is 0.796. The fraction of sp³-hybridized carbons (Fsp3) is 0.438. The predicted molar refractivity (Wildman–Crippen MR) is 81.6 cm³/mol. The number of rotatable bonds is 3. The predicted octanol–water partition coefficient (Wildman–Crippen LogP) is 4.79. The van der Waals surface area contributed by atoms with Crippen LogP contribution in [-0.4, -0.2) is 9.55 Å². The third-order valence-electron chi connectivity index (χ3n) is 4.29. The van der Waals surface area contributed by atoms with E-state index >= 15 is 0 Å². The Hall–Kier alpha value is -1.35. The number of hydrogen-bond acceptors (Lipinski definition) is 1. The van der Waals surface area contributed by atoms with E-state index in [1.165, 1.54) is 36.9 Å². The molecule has 1 N–H and O–H groups in total. The first-order chi connectivity index (χ1) is 9.18. The largest absolute Gasteiger partial charge is 0.337 e. The van der Waals surface area contributed by atoms with Gasteiger partial charge in [-0.25, -0.2) is 0 Å². The highest BCUT2D eigenvalue weighted by molar-refractivity contribution is 7.71. The van der Waals surface area contributed by atoms with Crippen molar-refractivity contribution in [1.29, 1.82) is 0 Å². The lowest BCUT2D eigenvalue weighted by Gasteiger charge is -2.25. The van der Waals surface area contributed by atoms with Crippen LogP contribution < -0.4 is 0 Å². The van der Waals surface area contributed by atoms with Crippen molar-refractivity contribution in [3.05, 3.63) is 41.3 Å². The van der Waals surface area contributed by atoms with Gasteiger partial charge in [0.15, 0.2) is 4.77 Å². The zero-order valence-corrected chi connectivity index (χ0v) is 12.2. The van der Waals surface area contributed by atoms with Crippen molar-refractivity contribution in [2.24, 2.45) is 5.41 Å². The lowest BCUT2D eigenvalue weighted by atomic mass is 9.88. The minimum Gasteiger partial charge on any atom is -0.337 e. The maximum absolute atomic E-state index is 5.46. The Morgan fingerprint density at radius 1 is 1.21 bits per heavy atom. The Morgan fingerprint density at radius 3 is 2.58 bits per heavy atom. The van der Waals surface area contributed by atoms with Crippen LogP contribution in [0.25, 0.3) is 11.3 Å². The van der Waals surface area contributed by atoms with Crippen molar-refractivity contribution < 1.29 is 0 Å². The smallest absolute Gasteiger partial charge is 0.177 e. The van der Waals surface area contributed by atoms with E-state index in [2.05, 4.69) is 40.7 Å². The Morgan fingerprint density at radius 2 is 1.89 bits per heavy atom. The van der Waals surface area contributed by atoms with Crippen LogP contribution in [0.4, 0.5) is 0 Å². The summed E-state index contributed by atoms with van der Waals surface area (Å²) in [6, 6.07) is 10.5. The molecule has 0 bridgehead atoms. The van der Waals surface area contributed by atoms with Gasteiger partial charge in [-0.3, -0.25) is 0 Å². The summed E-state index contributed by atoms with van der Waals surface area (Å²) < 4.78 is 3.11. The van der Waals surface area contributed by atoms with Crippen LogP contribution in [0, 0.1) is 10.2 Å². The molecule has 1 aliphatic rings. The summed E-state index contributed by atoms with van der Waals surface area (Å²) in [4.78, 5) is 3.20. The van der Waals surface area contributed by atoms with Crippen LogP contribution in [0.3, 0.4) is 0 Å². The first-order valence-electron chi connectivity index (χ1n) is 7.02. The van der Waals surface area contributed by atoms with Gasteiger partial charge in [0, 0.05) is 12.7 Å². The second-order valence-corrected chi connectivity index (χ2v) is 6.34. The van der Waals surface area contributed by atoms with Gasteiger partial charge < -0.3 is 9.55 Å². The lowest BCUT2D eigenvalue weighted by Crippen LogP contribution is -2.20. The molecule has 1 aromatic carbocycles. The molecule has 0 unspecified atom stereocenters. The van der Waals surface area contributed by atoms with E-state index in [9.17, 15) is 0 Å². The Labute approximate surface area is 119 Å². The summed E-state index contributed by atoms with van der Waals surface area (Å²) in [6.45, 7) is 3.42. The molecule has 0 atom stereocenters. The van der Waals surface area contributed by atoms with Gasteiger partial charge in [0.05, 0.1) is 5.69 Å². The Kier molecular flexibility index (Phi) is 3.31. The molecule has 2 aromatic rings. The average molecular weight is 272 g/mol. The van der Waals surface area contributed by atoms with E-state index in [0.717, 1.165) is 11.3 Å². The molecule has 1 heterocycles. The molecule has 19 heavy (non-hydrogen) atoms. The lowest BCUT2D eigenvalue weighted by molar-refractivity contribution is 0.281. The number of aromatic amines is 1. The molecule has 0 spiro atoms. The topological polar surface area (TPSA) is 20.7 Å². The molecular formula is C16H20N2S. The average Bonchev–Trinajstić information content (AvgIpc) is 2.99. The van der Waals surface area contributed by atoms with Gasteiger partial charge in [-0.2, -0.15) is 0 Å². The fourth-order valence-corrected chi connectivity index (χ4v) is 3.39. The summed E-state index contributed by atoms with van der Waals surface area (Å²) in [5.74, 6) is 0. The van der Waals surface area contributed by atoms with Crippen LogP contribution in [-0.2, 0) is 6.54 Å². The van der Waals surface area contributed by atoms with Crippen LogP contribution in [0.5, 0.6) is 0 Å². The molecule has 100 valence electrons. The number of aromatic nitrogens is 2. The van der Waals surface area contributed by atoms with E-state index in [4.69, 9.17) is 12.2 Å². The molecule has 0 radical (unpaired) electrons. The van der Waals surface area contributed by atoms with Crippen LogP contribution in [0.1, 0.15) is 32.6 Å². The van der Waals surface area contributed by atoms with E-state index in [-0.39, 0.29) is 0 Å². The van der Waals surface area contributed by atoms with Gasteiger partial charge in [-0.15, -0.1) is 0 Å². The van der Waals surface area contributed by atoms with Gasteiger partial charge in [-0.1, -0.05) is 50.1 Å². The third-order valence-corrected chi connectivity index (χ3v) is 4.63. The maximum atomic E-state index is 5.46. The Bertz CT molecular complexity index is 603. The van der Waals surface area contributed by atoms with Crippen LogP contribution in [0.15, 0.2) is 36.5 Å². The minimum atomic E-state index is 0.407. The van der Waals surface area contributed by atoms with E-state index in [1.54, 1.807) is 0 Å². The highest BCUT2D eigenvalue weighted by atomic mass is 32.1. The molecule has 3 rings (SSSR count). The first kappa shape index (κ1) is 12.7. The Balaban J connectivity index is 1.98. The van der Waals surface area contributed by atoms with Gasteiger partial charge >= 0.3 is 0 Å². The zero-order chi connectivity index (χ0) is 13.3. The number of H-pyrrole nitrogens is 1. The molecule has 1 aliphatic carbocycles. The van der Waals surface area contributed by atoms with Crippen molar-refractivity contribution >= 4 is 12.2 Å². The van der Waals surface area contributed by atoms with Crippen molar-refractivity contribution in [2.75, 3.05) is 0 Å². The standard InChI is InChI=1S/C16H20N2S/c1-16(9-5-6-10-16)12-18-14(11-17-15(18)19)13-7-3-2-4-8-13/h2-4,7-8,11H,5-6,9-10,12H2,1H3,(H,17,19). The molecule has 1 aromatic heterocycles. The molecule has 0 amide bonds. The van der Waals surface area contributed by atoms with Crippen molar-refractivity contribution in [3.8, 4) is 11.3 Å². The summed E-state index contributed by atoms with van der Waals surface area (Å²) in [7, 11) is 0. The second-order valence-electron chi connectivity index (χ2n) is 5.95. The number of nitrogens with zero attached hydrogens (tertiary/aromatic N) is 1. The SMILES string of the molecule is CC1(Cn2c(-c3ccccc3)c[nH]c2=S)CCCC1. The van der Waals surface area contributed by atoms with E-state index in [0.29, 0.717) is 5.41 Å². The molecule has 0 saturated heterocycles. The van der Waals surface area contributed by atoms with E-state index in [1.807, 2.05) is 12.3 Å². The highest BCUT2D eigenvalue weighted by Crippen LogP contribution is 2.39. The van der Waals surface area contributed by atoms with Gasteiger partial charge in [0.2, 0.25) is 0 Å². The number of hydrogen-bond donors (Lipinski definition) is 1. The minimum absolute atomic E-state index is 0.407. The number of benzene rings is 1. The van der Waals surface area contributed by atoms with Crippen LogP contribution in [0.2, 0.25) is 0 Å². The van der Waals surface area contributed by atoms with Crippen molar-refractivity contribution in [2.45, 2.75) is 39.2 Å². The summed E-state index contributed by atoms with van der Waals surface area (Å²) in [6.07, 6.45) is 7.38. The summed E-state index contributed by atoms with van der Waals surface area (Å²) in [5.41, 5.74) is 2.85. The molecule has 3 heteroatoms. The van der Waals surface area contributed by atoms with E-state index < -0.39 is 0 Å². The first-order valence-corrected chi connectivity index (χ1v) is 7.42. The van der Waals surface area contributed by atoms with Crippen LogP contribution >= 0.6 is 12.2 Å². The summed E-state index contributed by atoms with van der Waals surface area (Å²) in [5, 5.41) is 0. The third kappa shape index (κ3) is 2.52. The highest BCUT2D eigenvalue weighted by Gasteiger charge is 2.29. The molecular weight excluding hydrogens is 252 g/mol. The molecule has 1 saturated carbocycles. The fourth-order valence-electron chi connectivity index (χ4n) is 3.17. The van der Waals surface area contributed by atoms with Gasteiger partial charge in [-0.05, 0) is 36.0 Å². The monoisotopic (exact) mass is 272 g/mol. The second kappa shape index (κ2) is 4.97. The van der Waals surface area contributed by atoms with Gasteiger partial charge in [0.1, 0.15) is 0 Å². The summed E-state index contributed by atoms with van der Waals surface area (Å²) >= 11 is 5.46. The van der Waals surface area contributed by atoms with Crippen molar-refractivity contribution in [3.63, 3.8) is 0 Å². The molecule has 0 aliphatic heterocycles. The van der Waals surface area contributed by atoms with Crippen molar-refractivity contribution in [1.82, 2.24) is 9.55 Å². The number of nitrogens with one attached hydrogen (secondary N) is 1.